The molecule has 1 atom stereocenters. The number of carbonyl (C=O) groups is 1. The third-order valence-corrected chi connectivity index (χ3v) is 3.36. The minimum Gasteiger partial charge on any atom is -0.464 e. The zero-order chi connectivity index (χ0) is 16.7. The van der Waals surface area contributed by atoms with Crippen LogP contribution in [0.15, 0.2) is 65.6 Å². The van der Waals surface area contributed by atoms with Crippen LogP contribution < -0.4 is 4.74 Å². The lowest BCUT2D eigenvalue weighted by atomic mass is 9.91. The Hall–Kier alpha value is -2.82. The number of oxime groups is 1. The van der Waals surface area contributed by atoms with E-state index < -0.39 is 11.9 Å². The van der Waals surface area contributed by atoms with Gasteiger partial charge < -0.3 is 14.3 Å². The standard InChI is InChI=1S/C18H19NO4/c1-13-8-4-7-11-16(13)23-12-14-9-5-6-10-15(14)17(19-22-3)18(20)21-2/h4-12,15H,1-3H3. The number of ether oxygens (including phenoxy) is 2. The van der Waals surface area contributed by atoms with E-state index in [0.29, 0.717) is 0 Å². The number of nitrogens with zero attached hydrogens (tertiary/aromatic N) is 1. The van der Waals surface area contributed by atoms with Crippen LogP contribution in [0.25, 0.3) is 0 Å². The van der Waals surface area contributed by atoms with Gasteiger partial charge in [0.05, 0.1) is 19.3 Å². The Bertz CT molecular complexity index is 686. The first-order valence-electron chi connectivity index (χ1n) is 7.14. The molecule has 1 aliphatic carbocycles. The Morgan fingerprint density at radius 1 is 1.22 bits per heavy atom. The number of para-hydroxylation sites is 1. The molecule has 0 N–H and O–H groups in total. The summed E-state index contributed by atoms with van der Waals surface area (Å²) in [6, 6.07) is 7.70. The lowest BCUT2D eigenvalue weighted by Crippen LogP contribution is -2.26. The summed E-state index contributed by atoms with van der Waals surface area (Å²) in [7, 11) is 2.70. The highest BCUT2D eigenvalue weighted by Gasteiger charge is 2.26. The van der Waals surface area contributed by atoms with Crippen molar-refractivity contribution in [2.24, 2.45) is 11.1 Å². The van der Waals surface area contributed by atoms with E-state index in [4.69, 9.17) is 14.3 Å². The Kier molecular flexibility index (Phi) is 5.74. The lowest BCUT2D eigenvalue weighted by Gasteiger charge is -2.17. The number of rotatable bonds is 5. The molecule has 0 saturated carbocycles. The molecule has 23 heavy (non-hydrogen) atoms. The van der Waals surface area contributed by atoms with E-state index in [2.05, 4.69) is 5.16 Å². The van der Waals surface area contributed by atoms with Crippen molar-refractivity contribution < 1.29 is 19.1 Å². The van der Waals surface area contributed by atoms with Crippen LogP contribution in [-0.2, 0) is 14.4 Å². The van der Waals surface area contributed by atoms with Crippen LogP contribution in [0.3, 0.4) is 0 Å². The first-order valence-corrected chi connectivity index (χ1v) is 7.14. The Morgan fingerprint density at radius 2 is 2.00 bits per heavy atom. The molecule has 1 aromatic carbocycles. The summed E-state index contributed by atoms with van der Waals surface area (Å²) >= 11 is 0. The van der Waals surface area contributed by atoms with Crippen molar-refractivity contribution in [1.29, 1.82) is 0 Å². The molecule has 0 aromatic heterocycles. The maximum Gasteiger partial charge on any atom is 0.356 e. The fourth-order valence-electron chi connectivity index (χ4n) is 2.16. The van der Waals surface area contributed by atoms with E-state index in [0.717, 1.165) is 16.9 Å². The molecule has 0 heterocycles. The first kappa shape index (κ1) is 16.5. The molecule has 0 radical (unpaired) electrons. The molecule has 0 amide bonds. The molecule has 5 nitrogen and oxygen atoms in total. The number of esters is 1. The van der Waals surface area contributed by atoms with Crippen LogP contribution in [0.4, 0.5) is 0 Å². The molecule has 0 bridgehead atoms. The fraction of sp³-hybridized carbons (Fsp3) is 0.222. The number of allylic oxidation sites excluding steroid dienone is 5. The van der Waals surface area contributed by atoms with Crippen LogP contribution in [0.2, 0.25) is 0 Å². The maximum atomic E-state index is 11.9. The number of hydrogen-bond acceptors (Lipinski definition) is 5. The van der Waals surface area contributed by atoms with Crippen molar-refractivity contribution in [3.05, 3.63) is 66.0 Å². The van der Waals surface area contributed by atoms with Gasteiger partial charge in [-0.05, 0) is 18.6 Å². The van der Waals surface area contributed by atoms with Gasteiger partial charge in [0.25, 0.3) is 0 Å². The SMILES string of the molecule is CON=C(C(=O)OC)C1C=CC=CC1=COc1ccccc1C. The number of methoxy groups -OCH3 is 1. The quantitative estimate of drug-likeness (QED) is 0.362. The second-order valence-corrected chi connectivity index (χ2v) is 4.87. The number of benzene rings is 1. The van der Waals surface area contributed by atoms with Gasteiger partial charge in [-0.1, -0.05) is 47.7 Å². The van der Waals surface area contributed by atoms with Gasteiger partial charge in [0.1, 0.15) is 12.9 Å². The highest BCUT2D eigenvalue weighted by molar-refractivity contribution is 6.38. The van der Waals surface area contributed by atoms with Gasteiger partial charge in [0.15, 0.2) is 5.71 Å². The topological polar surface area (TPSA) is 57.1 Å². The van der Waals surface area contributed by atoms with Gasteiger partial charge in [-0.15, -0.1) is 0 Å². The summed E-state index contributed by atoms with van der Waals surface area (Å²) in [5, 5.41) is 3.80. The number of aryl methyl sites for hydroxylation is 1. The van der Waals surface area contributed by atoms with E-state index in [1.165, 1.54) is 14.2 Å². The van der Waals surface area contributed by atoms with Crippen LogP contribution in [0, 0.1) is 12.8 Å². The maximum absolute atomic E-state index is 11.9. The molecular weight excluding hydrogens is 294 g/mol. The summed E-state index contributed by atoms with van der Waals surface area (Å²) in [6.07, 6.45) is 9.01. The molecular formula is C18H19NO4. The van der Waals surface area contributed by atoms with Crippen molar-refractivity contribution in [3.63, 3.8) is 0 Å². The van der Waals surface area contributed by atoms with Gasteiger partial charge in [-0.25, -0.2) is 4.79 Å². The number of carbonyl (C=O) groups excluding carboxylic acids is 1. The predicted molar refractivity (Wildman–Crippen MR) is 88.1 cm³/mol. The summed E-state index contributed by atoms with van der Waals surface area (Å²) in [4.78, 5) is 16.7. The first-order chi connectivity index (χ1) is 11.2. The van der Waals surface area contributed by atoms with Crippen LogP contribution in [0.1, 0.15) is 5.56 Å². The van der Waals surface area contributed by atoms with E-state index in [9.17, 15) is 4.79 Å². The van der Waals surface area contributed by atoms with Crippen LogP contribution >= 0.6 is 0 Å². The molecule has 1 aromatic rings. The van der Waals surface area contributed by atoms with Crippen molar-refractivity contribution >= 4 is 11.7 Å². The van der Waals surface area contributed by atoms with Gasteiger partial charge in [-0.2, -0.15) is 0 Å². The third kappa shape index (κ3) is 4.10. The zero-order valence-electron chi connectivity index (χ0n) is 13.4. The van der Waals surface area contributed by atoms with Crippen molar-refractivity contribution in [3.8, 4) is 5.75 Å². The predicted octanol–water partition coefficient (Wildman–Crippen LogP) is 3.18. The van der Waals surface area contributed by atoms with Crippen molar-refractivity contribution in [2.45, 2.75) is 6.92 Å². The lowest BCUT2D eigenvalue weighted by molar-refractivity contribution is -0.133. The number of hydrogen-bond donors (Lipinski definition) is 0. The highest BCUT2D eigenvalue weighted by atomic mass is 16.6. The van der Waals surface area contributed by atoms with Crippen molar-refractivity contribution in [1.82, 2.24) is 0 Å². The van der Waals surface area contributed by atoms with E-state index in [-0.39, 0.29) is 5.71 Å². The normalized spacial score (nSPS) is 18.8. The van der Waals surface area contributed by atoms with Gasteiger partial charge in [0.2, 0.25) is 0 Å². The molecule has 5 heteroatoms. The zero-order valence-corrected chi connectivity index (χ0v) is 13.4. The summed E-state index contributed by atoms with van der Waals surface area (Å²) in [5.74, 6) is -0.181. The van der Waals surface area contributed by atoms with E-state index in [1.54, 1.807) is 6.26 Å². The molecule has 0 aliphatic heterocycles. The molecule has 120 valence electrons. The second-order valence-electron chi connectivity index (χ2n) is 4.87. The van der Waals surface area contributed by atoms with E-state index in [1.807, 2.05) is 55.5 Å². The highest BCUT2D eigenvalue weighted by Crippen LogP contribution is 2.24. The smallest absolute Gasteiger partial charge is 0.356 e. The van der Waals surface area contributed by atoms with Gasteiger partial charge in [-0.3, -0.25) is 0 Å². The van der Waals surface area contributed by atoms with Crippen LogP contribution in [-0.4, -0.2) is 25.9 Å². The summed E-state index contributed by atoms with van der Waals surface area (Å²) < 4.78 is 10.5. The largest absolute Gasteiger partial charge is 0.464 e. The average molecular weight is 313 g/mol. The second kappa shape index (κ2) is 7.98. The minimum absolute atomic E-state index is 0.162. The molecule has 1 unspecified atom stereocenters. The minimum atomic E-state index is -0.543. The fourth-order valence-corrected chi connectivity index (χ4v) is 2.16. The Labute approximate surface area is 135 Å². The molecule has 0 spiro atoms. The molecule has 1 aliphatic rings. The average Bonchev–Trinajstić information content (AvgIpc) is 2.59. The molecule has 0 saturated heterocycles. The van der Waals surface area contributed by atoms with Crippen LogP contribution in [0.5, 0.6) is 5.75 Å². The summed E-state index contributed by atoms with van der Waals surface area (Å²) in [5.41, 5.74) is 1.96. The van der Waals surface area contributed by atoms with Gasteiger partial charge in [0, 0.05) is 5.57 Å². The Morgan fingerprint density at radius 3 is 2.70 bits per heavy atom. The molecule has 0 fully saturated rings. The monoisotopic (exact) mass is 313 g/mol. The summed E-state index contributed by atoms with van der Waals surface area (Å²) in [6.45, 7) is 1.97. The van der Waals surface area contributed by atoms with Gasteiger partial charge >= 0.3 is 5.97 Å². The van der Waals surface area contributed by atoms with E-state index >= 15 is 0 Å². The van der Waals surface area contributed by atoms with Crippen molar-refractivity contribution in [2.75, 3.05) is 14.2 Å². The molecule has 2 rings (SSSR count). The third-order valence-electron chi connectivity index (χ3n) is 3.36. The Balaban J connectivity index is 2.28.